The number of anilines is 2. The van der Waals surface area contributed by atoms with Crippen LogP contribution in [0.5, 0.6) is 0 Å². The Labute approximate surface area is 136 Å². The Morgan fingerprint density at radius 3 is 2.78 bits per heavy atom. The molecule has 0 fully saturated rings. The topological polar surface area (TPSA) is 77.7 Å². The van der Waals surface area contributed by atoms with Crippen molar-refractivity contribution in [1.82, 2.24) is 5.32 Å². The first kappa shape index (κ1) is 16.9. The number of nitrogens with one attached hydrogen (secondary N) is 2. The van der Waals surface area contributed by atoms with Crippen LogP contribution >= 0.6 is 0 Å². The number of benzene rings is 1. The molecule has 0 saturated carbocycles. The zero-order chi connectivity index (χ0) is 16.9. The maximum absolute atomic E-state index is 12.0. The molecular weight excluding hydrogens is 294 g/mol. The van der Waals surface area contributed by atoms with E-state index in [4.69, 9.17) is 4.42 Å². The van der Waals surface area contributed by atoms with Crippen molar-refractivity contribution in [2.24, 2.45) is 0 Å². The van der Waals surface area contributed by atoms with E-state index in [2.05, 4.69) is 22.5 Å². The molecule has 0 spiro atoms. The quantitative estimate of drug-likeness (QED) is 0.765. The molecule has 0 aliphatic carbocycles. The van der Waals surface area contributed by atoms with Crippen LogP contribution in [0.25, 0.3) is 0 Å². The van der Waals surface area contributed by atoms with Gasteiger partial charge in [0.2, 0.25) is 0 Å². The minimum atomic E-state index is -1.26. The van der Waals surface area contributed by atoms with Crippen molar-refractivity contribution in [3.05, 3.63) is 48.4 Å². The standard InChI is InChI=1S/C17H23N3O3/c1-4-20(3)14-8-5-7-13(11-14)19-16(21)18-12-17(2,22)15-9-6-10-23-15/h5-11,22H,4,12H2,1-3H3,(H2,18,19,21). The van der Waals surface area contributed by atoms with Gasteiger partial charge in [0.1, 0.15) is 11.4 Å². The van der Waals surface area contributed by atoms with E-state index in [0.29, 0.717) is 11.4 Å². The highest BCUT2D eigenvalue weighted by molar-refractivity contribution is 5.89. The van der Waals surface area contributed by atoms with Crippen LogP contribution < -0.4 is 15.5 Å². The number of hydrogen-bond acceptors (Lipinski definition) is 4. The second-order valence-corrected chi connectivity index (χ2v) is 5.62. The van der Waals surface area contributed by atoms with Crippen LogP contribution in [0.15, 0.2) is 47.1 Å². The number of amides is 2. The van der Waals surface area contributed by atoms with Gasteiger partial charge in [-0.3, -0.25) is 0 Å². The molecule has 2 amide bonds. The summed E-state index contributed by atoms with van der Waals surface area (Å²) in [5, 5.41) is 15.7. The van der Waals surface area contributed by atoms with Crippen LogP contribution in [0.2, 0.25) is 0 Å². The highest BCUT2D eigenvalue weighted by Gasteiger charge is 2.26. The molecule has 6 nitrogen and oxygen atoms in total. The molecule has 2 aromatic rings. The van der Waals surface area contributed by atoms with Crippen LogP contribution in [0.1, 0.15) is 19.6 Å². The Bertz CT molecular complexity index is 638. The molecule has 3 N–H and O–H groups in total. The first-order chi connectivity index (χ1) is 10.9. The maximum atomic E-state index is 12.0. The normalized spacial score (nSPS) is 13.2. The van der Waals surface area contributed by atoms with E-state index in [1.54, 1.807) is 19.1 Å². The number of carbonyl (C=O) groups is 1. The molecular formula is C17H23N3O3. The van der Waals surface area contributed by atoms with Gasteiger partial charge in [0.15, 0.2) is 0 Å². The van der Waals surface area contributed by atoms with Crippen molar-refractivity contribution in [3.63, 3.8) is 0 Å². The van der Waals surface area contributed by atoms with E-state index >= 15 is 0 Å². The Morgan fingerprint density at radius 1 is 1.35 bits per heavy atom. The lowest BCUT2D eigenvalue weighted by Gasteiger charge is -2.21. The number of urea groups is 1. The smallest absolute Gasteiger partial charge is 0.319 e. The van der Waals surface area contributed by atoms with Gasteiger partial charge in [-0.25, -0.2) is 4.79 Å². The Balaban J connectivity index is 1.92. The largest absolute Gasteiger partial charge is 0.466 e. The van der Waals surface area contributed by atoms with Crippen molar-refractivity contribution in [2.45, 2.75) is 19.4 Å². The average molecular weight is 317 g/mol. The monoisotopic (exact) mass is 317 g/mol. The van der Waals surface area contributed by atoms with E-state index in [0.717, 1.165) is 12.2 Å². The third kappa shape index (κ3) is 4.50. The second kappa shape index (κ2) is 7.19. The first-order valence-electron chi connectivity index (χ1n) is 7.55. The molecule has 1 aromatic heterocycles. The van der Waals surface area contributed by atoms with Gasteiger partial charge < -0.3 is 25.1 Å². The molecule has 2 rings (SSSR count). The third-order valence-corrected chi connectivity index (χ3v) is 3.66. The van der Waals surface area contributed by atoms with E-state index in [-0.39, 0.29) is 12.6 Å². The summed E-state index contributed by atoms with van der Waals surface area (Å²) < 4.78 is 5.18. The van der Waals surface area contributed by atoms with E-state index in [1.807, 2.05) is 31.3 Å². The van der Waals surface area contributed by atoms with Crippen LogP contribution in [0.3, 0.4) is 0 Å². The summed E-state index contributed by atoms with van der Waals surface area (Å²) in [5.74, 6) is 0.407. The SMILES string of the molecule is CCN(C)c1cccc(NC(=O)NCC(C)(O)c2ccco2)c1. The van der Waals surface area contributed by atoms with Crippen LogP contribution in [0, 0.1) is 0 Å². The molecule has 1 aromatic carbocycles. The lowest BCUT2D eigenvalue weighted by atomic mass is 10.0. The fraction of sp³-hybridized carbons (Fsp3) is 0.353. The summed E-state index contributed by atoms with van der Waals surface area (Å²) in [4.78, 5) is 14.1. The number of aliphatic hydroxyl groups is 1. The van der Waals surface area contributed by atoms with Crippen molar-refractivity contribution in [1.29, 1.82) is 0 Å². The minimum Gasteiger partial charge on any atom is -0.466 e. The summed E-state index contributed by atoms with van der Waals surface area (Å²) in [6.45, 7) is 4.56. The van der Waals surface area contributed by atoms with Gasteiger partial charge in [0, 0.05) is 25.0 Å². The predicted molar refractivity (Wildman–Crippen MR) is 90.7 cm³/mol. The number of rotatable bonds is 6. The Kier molecular flexibility index (Phi) is 5.28. The van der Waals surface area contributed by atoms with Crippen LogP contribution in [-0.4, -0.2) is 31.3 Å². The van der Waals surface area contributed by atoms with Gasteiger partial charge >= 0.3 is 6.03 Å². The van der Waals surface area contributed by atoms with Crippen molar-refractivity contribution < 1.29 is 14.3 Å². The van der Waals surface area contributed by atoms with Gasteiger partial charge in [-0.2, -0.15) is 0 Å². The molecule has 0 aliphatic heterocycles. The van der Waals surface area contributed by atoms with Gasteiger partial charge in [-0.05, 0) is 44.2 Å². The summed E-state index contributed by atoms with van der Waals surface area (Å²) in [7, 11) is 1.99. The molecule has 1 atom stereocenters. The third-order valence-electron chi connectivity index (χ3n) is 3.66. The van der Waals surface area contributed by atoms with Crippen molar-refractivity contribution in [3.8, 4) is 0 Å². The fourth-order valence-electron chi connectivity index (χ4n) is 2.10. The van der Waals surface area contributed by atoms with E-state index in [1.165, 1.54) is 6.26 Å². The molecule has 0 bridgehead atoms. The van der Waals surface area contributed by atoms with Crippen LogP contribution in [0.4, 0.5) is 16.2 Å². The van der Waals surface area contributed by atoms with Gasteiger partial charge in [-0.15, -0.1) is 0 Å². The highest BCUT2D eigenvalue weighted by Crippen LogP contribution is 2.20. The lowest BCUT2D eigenvalue weighted by Crippen LogP contribution is -2.40. The Morgan fingerprint density at radius 2 is 2.13 bits per heavy atom. The zero-order valence-corrected chi connectivity index (χ0v) is 13.7. The highest BCUT2D eigenvalue weighted by atomic mass is 16.4. The van der Waals surface area contributed by atoms with Gasteiger partial charge in [-0.1, -0.05) is 6.07 Å². The van der Waals surface area contributed by atoms with Gasteiger partial charge in [0.05, 0.1) is 12.8 Å². The summed E-state index contributed by atoms with van der Waals surface area (Å²) in [5.41, 5.74) is 0.455. The number of nitrogens with zero attached hydrogens (tertiary/aromatic N) is 1. The van der Waals surface area contributed by atoms with Crippen molar-refractivity contribution in [2.75, 3.05) is 30.4 Å². The molecule has 23 heavy (non-hydrogen) atoms. The van der Waals surface area contributed by atoms with Crippen molar-refractivity contribution >= 4 is 17.4 Å². The summed E-state index contributed by atoms with van der Waals surface area (Å²) >= 11 is 0. The van der Waals surface area contributed by atoms with E-state index in [9.17, 15) is 9.90 Å². The lowest BCUT2D eigenvalue weighted by molar-refractivity contribution is 0.0372. The zero-order valence-electron chi connectivity index (χ0n) is 13.7. The van der Waals surface area contributed by atoms with E-state index < -0.39 is 5.60 Å². The molecule has 1 heterocycles. The summed E-state index contributed by atoms with van der Waals surface area (Å²) in [6, 6.07) is 10.6. The predicted octanol–water partition coefficient (Wildman–Crippen LogP) is 2.76. The molecule has 0 radical (unpaired) electrons. The van der Waals surface area contributed by atoms with Gasteiger partial charge in [0.25, 0.3) is 0 Å². The van der Waals surface area contributed by atoms with Crippen LogP contribution in [-0.2, 0) is 5.60 Å². The molecule has 0 saturated heterocycles. The molecule has 124 valence electrons. The number of carbonyl (C=O) groups excluding carboxylic acids is 1. The fourth-order valence-corrected chi connectivity index (χ4v) is 2.10. The maximum Gasteiger partial charge on any atom is 0.319 e. The minimum absolute atomic E-state index is 0.0426. The Hall–Kier alpha value is -2.47. The first-order valence-corrected chi connectivity index (χ1v) is 7.55. The average Bonchev–Trinajstić information content (AvgIpc) is 3.08. The second-order valence-electron chi connectivity index (χ2n) is 5.62. The molecule has 6 heteroatoms. The summed E-state index contributed by atoms with van der Waals surface area (Å²) in [6.07, 6.45) is 1.49. The molecule has 0 aliphatic rings. The molecule has 1 unspecified atom stereocenters. The number of furan rings is 1. The number of hydrogen-bond donors (Lipinski definition) is 3.